The number of carbonyl (C=O) groups is 2. The van der Waals surface area contributed by atoms with Gasteiger partial charge in [0.25, 0.3) is 0 Å². The van der Waals surface area contributed by atoms with Crippen LogP contribution in [0, 0.1) is 5.92 Å². The third-order valence-electron chi connectivity index (χ3n) is 11.1. The minimum absolute atomic E-state index is 0.00923. The Morgan fingerprint density at radius 2 is 0.927 bits per heavy atom. The first-order valence-corrected chi connectivity index (χ1v) is 25.4. The molecule has 328 valence electrons. The summed E-state index contributed by atoms with van der Waals surface area (Å²) in [6.45, 7) is 16.3. The summed E-state index contributed by atoms with van der Waals surface area (Å²) < 4.78 is 15.1. The van der Waals surface area contributed by atoms with E-state index >= 15 is 0 Å². The number of ether oxygens (including phenoxy) is 2. The Labute approximate surface area is 348 Å². The lowest BCUT2D eigenvalue weighted by atomic mass is 10.0. The van der Waals surface area contributed by atoms with Crippen LogP contribution in [-0.2, 0) is 19.1 Å². The molecule has 7 heteroatoms. The van der Waals surface area contributed by atoms with Gasteiger partial charge in [-0.05, 0) is 89.8 Å². The largest absolute Gasteiger partial charge is 0.465 e. The summed E-state index contributed by atoms with van der Waals surface area (Å²) in [5.41, 5.74) is 0. The van der Waals surface area contributed by atoms with Crippen molar-refractivity contribution in [2.45, 2.75) is 253 Å². The van der Waals surface area contributed by atoms with Crippen LogP contribution in [0.15, 0.2) is 0 Å². The molecule has 6 nitrogen and oxygen atoms in total. The number of nitrogens with one attached hydrogen (secondary N) is 1. The van der Waals surface area contributed by atoms with Crippen molar-refractivity contribution in [1.29, 1.82) is 0 Å². The van der Waals surface area contributed by atoms with Crippen LogP contribution < -0.4 is 4.72 Å². The second-order valence-corrected chi connectivity index (χ2v) is 17.9. The molecule has 1 atom stereocenters. The molecule has 0 heterocycles. The average molecular weight is 797 g/mol. The van der Waals surface area contributed by atoms with Crippen molar-refractivity contribution in [3.05, 3.63) is 0 Å². The summed E-state index contributed by atoms with van der Waals surface area (Å²) in [5.74, 6) is 1.61. The van der Waals surface area contributed by atoms with Crippen LogP contribution in [0.1, 0.15) is 247 Å². The fourth-order valence-electron chi connectivity index (χ4n) is 7.45. The highest BCUT2D eigenvalue weighted by atomic mass is 32.2. The monoisotopic (exact) mass is 797 g/mol. The van der Waals surface area contributed by atoms with E-state index in [2.05, 4.69) is 44.2 Å². The van der Waals surface area contributed by atoms with Gasteiger partial charge in [-0.2, -0.15) is 0 Å². The van der Waals surface area contributed by atoms with E-state index < -0.39 is 0 Å². The molecule has 0 saturated heterocycles. The highest BCUT2D eigenvalue weighted by Gasteiger charge is 2.15. The summed E-state index contributed by atoms with van der Waals surface area (Å²) in [7, 11) is 0. The van der Waals surface area contributed by atoms with Crippen molar-refractivity contribution in [2.24, 2.45) is 5.92 Å². The Bertz CT molecular complexity index is 784. The Morgan fingerprint density at radius 1 is 0.509 bits per heavy atom. The first kappa shape index (κ1) is 54.2. The molecule has 1 N–H and O–H groups in total. The molecule has 0 aromatic rings. The number of unbranched alkanes of at least 4 members (excludes halogenated alkanes) is 22. The molecule has 0 bridgehead atoms. The van der Waals surface area contributed by atoms with Gasteiger partial charge in [-0.15, -0.1) is 0 Å². The fourth-order valence-corrected chi connectivity index (χ4v) is 7.95. The van der Waals surface area contributed by atoms with Crippen LogP contribution in [0.4, 0.5) is 0 Å². The van der Waals surface area contributed by atoms with Crippen molar-refractivity contribution in [3.8, 4) is 0 Å². The minimum Gasteiger partial charge on any atom is -0.465 e. The minimum atomic E-state index is -0.00923. The Balaban J connectivity index is 4.26. The lowest BCUT2D eigenvalue weighted by molar-refractivity contribution is -0.150. The van der Waals surface area contributed by atoms with Crippen molar-refractivity contribution in [1.82, 2.24) is 9.62 Å². The summed E-state index contributed by atoms with van der Waals surface area (Å²) >= 11 is 1.81. The Kier molecular flexibility index (Phi) is 43.7. The lowest BCUT2D eigenvalue weighted by Crippen LogP contribution is -2.29. The van der Waals surface area contributed by atoms with E-state index in [9.17, 15) is 9.59 Å². The van der Waals surface area contributed by atoms with Crippen molar-refractivity contribution in [2.75, 3.05) is 38.5 Å². The maximum absolute atomic E-state index is 12.8. The van der Waals surface area contributed by atoms with Gasteiger partial charge in [0.1, 0.15) is 6.10 Å². The van der Waals surface area contributed by atoms with Gasteiger partial charge in [0.15, 0.2) is 0 Å². The second kappa shape index (κ2) is 44.3. The molecule has 0 rings (SSSR count). The summed E-state index contributed by atoms with van der Waals surface area (Å²) in [6, 6.07) is 0. The highest BCUT2D eigenvalue weighted by molar-refractivity contribution is 7.97. The van der Waals surface area contributed by atoms with Gasteiger partial charge in [-0.3, -0.25) is 14.3 Å². The molecule has 0 aliphatic heterocycles. The quantitative estimate of drug-likeness (QED) is 0.0374. The molecule has 0 aliphatic carbocycles. The van der Waals surface area contributed by atoms with Crippen LogP contribution in [0.5, 0.6) is 0 Å². The van der Waals surface area contributed by atoms with Crippen LogP contribution in [0.2, 0.25) is 0 Å². The summed E-state index contributed by atoms with van der Waals surface area (Å²) in [6.07, 6.45) is 39.2. The molecule has 0 saturated carbocycles. The summed E-state index contributed by atoms with van der Waals surface area (Å²) in [4.78, 5) is 27.7. The predicted molar refractivity (Wildman–Crippen MR) is 242 cm³/mol. The van der Waals surface area contributed by atoms with Gasteiger partial charge >= 0.3 is 11.9 Å². The molecule has 0 aliphatic rings. The van der Waals surface area contributed by atoms with E-state index in [1.807, 2.05) is 11.9 Å². The van der Waals surface area contributed by atoms with E-state index in [0.717, 1.165) is 57.4 Å². The molecule has 0 spiro atoms. The SMILES string of the molecule is CCCCCCCCC(CCCCCCCC)OC(=O)CCCCCCCN(CCCCCCCC(=O)OCC(C)CCCCCCC)CCCNSCC. The third-order valence-corrected chi connectivity index (χ3v) is 11.8. The summed E-state index contributed by atoms with van der Waals surface area (Å²) in [5, 5.41) is 0. The first-order valence-electron chi connectivity index (χ1n) is 24.4. The van der Waals surface area contributed by atoms with E-state index in [1.54, 1.807) is 0 Å². The normalized spacial score (nSPS) is 12.2. The predicted octanol–water partition coefficient (Wildman–Crippen LogP) is 14.6. The van der Waals surface area contributed by atoms with Gasteiger partial charge < -0.3 is 14.4 Å². The molecular weight excluding hydrogens is 701 g/mol. The number of nitrogens with zero attached hydrogens (tertiary/aromatic N) is 1. The Hall–Kier alpha value is -0.790. The van der Waals surface area contributed by atoms with Gasteiger partial charge in [0, 0.05) is 25.1 Å². The van der Waals surface area contributed by atoms with Gasteiger partial charge in [-0.1, -0.05) is 181 Å². The average Bonchev–Trinajstić information content (AvgIpc) is 3.18. The van der Waals surface area contributed by atoms with Crippen LogP contribution >= 0.6 is 11.9 Å². The van der Waals surface area contributed by atoms with Crippen LogP contribution in [-0.4, -0.2) is 61.5 Å². The molecule has 55 heavy (non-hydrogen) atoms. The van der Waals surface area contributed by atoms with Gasteiger partial charge in [0.05, 0.1) is 6.61 Å². The fraction of sp³-hybridized carbons (Fsp3) is 0.958. The van der Waals surface area contributed by atoms with E-state index in [1.165, 1.54) is 174 Å². The number of hydrogen-bond donors (Lipinski definition) is 1. The van der Waals surface area contributed by atoms with E-state index in [-0.39, 0.29) is 18.0 Å². The zero-order valence-corrected chi connectivity index (χ0v) is 38.5. The number of carbonyl (C=O) groups excluding carboxylic acids is 2. The van der Waals surface area contributed by atoms with E-state index in [4.69, 9.17) is 9.47 Å². The zero-order valence-electron chi connectivity index (χ0n) is 37.7. The lowest BCUT2D eigenvalue weighted by Gasteiger charge is -2.22. The van der Waals surface area contributed by atoms with Crippen molar-refractivity contribution >= 4 is 23.9 Å². The van der Waals surface area contributed by atoms with Crippen LogP contribution in [0.25, 0.3) is 0 Å². The van der Waals surface area contributed by atoms with Gasteiger partial charge in [-0.25, -0.2) is 0 Å². The molecule has 0 amide bonds. The molecular formula is C48H96N2O4S. The molecule has 1 unspecified atom stereocenters. The van der Waals surface area contributed by atoms with Crippen LogP contribution in [0.3, 0.4) is 0 Å². The molecule has 0 fully saturated rings. The van der Waals surface area contributed by atoms with Gasteiger partial charge in [0.2, 0.25) is 0 Å². The van der Waals surface area contributed by atoms with Crippen molar-refractivity contribution < 1.29 is 19.1 Å². The zero-order chi connectivity index (χ0) is 40.3. The number of hydrogen-bond acceptors (Lipinski definition) is 7. The maximum Gasteiger partial charge on any atom is 0.306 e. The first-order chi connectivity index (χ1) is 27.0. The highest BCUT2D eigenvalue weighted by Crippen LogP contribution is 2.19. The Morgan fingerprint density at radius 3 is 1.44 bits per heavy atom. The molecule has 0 aromatic carbocycles. The van der Waals surface area contributed by atoms with Crippen molar-refractivity contribution in [3.63, 3.8) is 0 Å². The number of esters is 2. The standard InChI is InChI=1S/C48H96N2O4S/c1-6-10-13-16-21-28-36-46(37-29-22-17-14-11-7-2)54-48(52)39-31-24-19-26-33-42-50(43-34-40-49-55-9-4)41-32-25-18-23-30-38-47(51)53-44-45(5)35-27-20-15-12-8-3/h45-46,49H,6-44H2,1-5H3. The van der Waals surface area contributed by atoms with E-state index in [0.29, 0.717) is 25.4 Å². The smallest absolute Gasteiger partial charge is 0.306 e. The molecule has 0 aromatic heterocycles. The third kappa shape index (κ3) is 41.2. The maximum atomic E-state index is 12.8. The molecule has 0 radical (unpaired) electrons. The second-order valence-electron chi connectivity index (χ2n) is 16.8. The topological polar surface area (TPSA) is 67.9 Å². The number of rotatable bonds is 45.